The van der Waals surface area contributed by atoms with E-state index in [1.807, 2.05) is 38.1 Å². The molecular weight excluding hydrogens is 226 g/mol. The smallest absolute Gasteiger partial charge is 0.328 e. The van der Waals surface area contributed by atoms with Crippen LogP contribution in [0.15, 0.2) is 24.3 Å². The molecule has 0 aliphatic heterocycles. The summed E-state index contributed by atoms with van der Waals surface area (Å²) < 4.78 is 0. The summed E-state index contributed by atoms with van der Waals surface area (Å²) in [4.78, 5) is 11.7. The van der Waals surface area contributed by atoms with Gasteiger partial charge in [0.1, 0.15) is 5.54 Å². The van der Waals surface area contributed by atoms with Gasteiger partial charge in [0.05, 0.1) is 0 Å². The largest absolute Gasteiger partial charge is 0.480 e. The van der Waals surface area contributed by atoms with Gasteiger partial charge in [0, 0.05) is 0 Å². The van der Waals surface area contributed by atoms with E-state index in [1.165, 1.54) is 0 Å². The molecule has 1 aromatic carbocycles. The van der Waals surface area contributed by atoms with Gasteiger partial charge in [0.25, 0.3) is 0 Å². The van der Waals surface area contributed by atoms with Gasteiger partial charge in [-0.1, -0.05) is 50.6 Å². The van der Waals surface area contributed by atoms with Crippen LogP contribution in [0.2, 0.25) is 0 Å². The zero-order valence-electron chi connectivity index (χ0n) is 11.7. The number of hydrogen-bond acceptors (Lipinski definition) is 2. The molecule has 0 amide bonds. The van der Waals surface area contributed by atoms with E-state index in [1.54, 1.807) is 0 Å². The highest BCUT2D eigenvalue weighted by molar-refractivity contribution is 5.80. The molecular formula is C15H23NO2. The maximum Gasteiger partial charge on any atom is 0.328 e. The molecule has 0 aliphatic carbocycles. The normalized spacial score (nSPS) is 14.5. The molecule has 1 aromatic rings. The monoisotopic (exact) mass is 249 g/mol. The first-order chi connectivity index (χ1) is 8.42. The van der Waals surface area contributed by atoms with E-state index in [9.17, 15) is 9.90 Å². The minimum absolute atomic E-state index is 0.417. The quantitative estimate of drug-likeness (QED) is 0.815. The molecule has 100 valence electrons. The Morgan fingerprint density at radius 1 is 1.33 bits per heavy atom. The first-order valence-electron chi connectivity index (χ1n) is 6.48. The number of benzene rings is 1. The van der Waals surface area contributed by atoms with Gasteiger partial charge < -0.3 is 5.11 Å². The third kappa shape index (κ3) is 3.10. The predicted molar refractivity (Wildman–Crippen MR) is 73.6 cm³/mol. The minimum Gasteiger partial charge on any atom is -0.480 e. The molecule has 18 heavy (non-hydrogen) atoms. The van der Waals surface area contributed by atoms with Crippen LogP contribution in [0.25, 0.3) is 0 Å². The van der Waals surface area contributed by atoms with E-state index < -0.39 is 11.5 Å². The lowest BCUT2D eigenvalue weighted by Crippen LogP contribution is -2.50. The Bertz CT molecular complexity index is 397. The van der Waals surface area contributed by atoms with Crippen molar-refractivity contribution in [3.63, 3.8) is 0 Å². The van der Waals surface area contributed by atoms with Crippen LogP contribution in [0.4, 0.5) is 0 Å². The summed E-state index contributed by atoms with van der Waals surface area (Å²) in [5.74, 6) is -0.393. The highest BCUT2D eigenvalue weighted by atomic mass is 16.4. The van der Waals surface area contributed by atoms with Crippen LogP contribution in [-0.2, 0) is 10.3 Å². The summed E-state index contributed by atoms with van der Waals surface area (Å²) in [6.45, 7) is 8.74. The fourth-order valence-corrected chi connectivity index (χ4v) is 2.00. The SMILES string of the molecule is CCC(NCC(C)C)(C(=O)O)c1ccc(C)cc1. The highest BCUT2D eigenvalue weighted by Gasteiger charge is 2.38. The van der Waals surface area contributed by atoms with Crippen LogP contribution in [-0.4, -0.2) is 17.6 Å². The molecule has 3 heteroatoms. The lowest BCUT2D eigenvalue weighted by molar-refractivity contribution is -0.145. The third-order valence-electron chi connectivity index (χ3n) is 3.25. The lowest BCUT2D eigenvalue weighted by atomic mass is 9.86. The van der Waals surface area contributed by atoms with Crippen LogP contribution in [0.5, 0.6) is 0 Å². The molecule has 3 nitrogen and oxygen atoms in total. The molecule has 0 aliphatic rings. The van der Waals surface area contributed by atoms with Crippen LogP contribution < -0.4 is 5.32 Å². The number of nitrogens with one attached hydrogen (secondary N) is 1. The Balaban J connectivity index is 3.10. The Labute approximate surface area is 109 Å². The summed E-state index contributed by atoms with van der Waals surface area (Å²) in [6.07, 6.45) is 0.526. The molecule has 1 rings (SSSR count). The van der Waals surface area contributed by atoms with E-state index in [2.05, 4.69) is 19.2 Å². The molecule has 0 heterocycles. The maximum absolute atomic E-state index is 11.7. The van der Waals surface area contributed by atoms with Gasteiger partial charge in [-0.15, -0.1) is 0 Å². The number of rotatable bonds is 6. The first kappa shape index (κ1) is 14.7. The van der Waals surface area contributed by atoms with Gasteiger partial charge in [0.2, 0.25) is 0 Å². The van der Waals surface area contributed by atoms with Crippen LogP contribution in [0.1, 0.15) is 38.3 Å². The van der Waals surface area contributed by atoms with Crippen LogP contribution in [0, 0.1) is 12.8 Å². The van der Waals surface area contributed by atoms with Gasteiger partial charge in [0.15, 0.2) is 0 Å². The average molecular weight is 249 g/mol. The molecule has 2 N–H and O–H groups in total. The molecule has 0 spiro atoms. The Morgan fingerprint density at radius 2 is 1.89 bits per heavy atom. The molecule has 0 bridgehead atoms. The summed E-state index contributed by atoms with van der Waals surface area (Å²) >= 11 is 0. The van der Waals surface area contributed by atoms with Crippen molar-refractivity contribution in [2.24, 2.45) is 5.92 Å². The summed E-state index contributed by atoms with van der Waals surface area (Å²) in [5, 5.41) is 12.8. The Kier molecular flexibility index (Phi) is 4.91. The van der Waals surface area contributed by atoms with E-state index >= 15 is 0 Å². The molecule has 0 radical (unpaired) electrons. The van der Waals surface area contributed by atoms with Crippen LogP contribution >= 0.6 is 0 Å². The summed E-state index contributed by atoms with van der Waals surface area (Å²) in [5.41, 5.74) is 0.986. The van der Waals surface area contributed by atoms with Crippen LogP contribution in [0.3, 0.4) is 0 Å². The number of hydrogen-bond donors (Lipinski definition) is 2. The molecule has 1 atom stereocenters. The first-order valence-corrected chi connectivity index (χ1v) is 6.48. The second kappa shape index (κ2) is 6.01. The number of carbonyl (C=O) groups is 1. The minimum atomic E-state index is -0.974. The number of aryl methyl sites for hydroxylation is 1. The van der Waals surface area contributed by atoms with Crippen molar-refractivity contribution in [3.05, 3.63) is 35.4 Å². The second-order valence-corrected chi connectivity index (χ2v) is 5.20. The lowest BCUT2D eigenvalue weighted by Gasteiger charge is -2.31. The third-order valence-corrected chi connectivity index (χ3v) is 3.25. The summed E-state index contributed by atoms with van der Waals surface area (Å²) in [7, 11) is 0. The second-order valence-electron chi connectivity index (χ2n) is 5.20. The van der Waals surface area contributed by atoms with Gasteiger partial charge in [-0.2, -0.15) is 0 Å². The Morgan fingerprint density at radius 3 is 2.28 bits per heavy atom. The Hall–Kier alpha value is -1.35. The van der Waals surface area contributed by atoms with Crippen molar-refractivity contribution < 1.29 is 9.90 Å². The predicted octanol–water partition coefficient (Wildman–Crippen LogP) is 2.93. The van der Waals surface area contributed by atoms with Gasteiger partial charge in [-0.05, 0) is 31.4 Å². The van der Waals surface area contributed by atoms with Gasteiger partial charge >= 0.3 is 5.97 Å². The molecule has 0 saturated heterocycles. The van der Waals surface area contributed by atoms with Gasteiger partial charge in [-0.25, -0.2) is 4.79 Å². The zero-order chi connectivity index (χ0) is 13.8. The molecule has 0 fully saturated rings. The standard InChI is InChI=1S/C15H23NO2/c1-5-15(14(17)18,16-10-11(2)3)13-8-6-12(4)7-9-13/h6-9,11,16H,5,10H2,1-4H3,(H,17,18). The topological polar surface area (TPSA) is 49.3 Å². The number of aliphatic carboxylic acids is 1. The van der Waals surface area contributed by atoms with Crippen molar-refractivity contribution in [1.29, 1.82) is 0 Å². The van der Waals surface area contributed by atoms with Gasteiger partial charge in [-0.3, -0.25) is 5.32 Å². The van der Waals surface area contributed by atoms with E-state index in [0.717, 1.165) is 11.1 Å². The number of carboxylic acid groups (broad SMARTS) is 1. The maximum atomic E-state index is 11.7. The van der Waals surface area contributed by atoms with E-state index in [0.29, 0.717) is 18.9 Å². The molecule has 1 unspecified atom stereocenters. The fraction of sp³-hybridized carbons (Fsp3) is 0.533. The van der Waals surface area contributed by atoms with E-state index in [-0.39, 0.29) is 0 Å². The zero-order valence-corrected chi connectivity index (χ0v) is 11.7. The van der Waals surface area contributed by atoms with Crippen molar-refractivity contribution in [2.45, 2.75) is 39.7 Å². The average Bonchev–Trinajstić information content (AvgIpc) is 2.31. The molecule has 0 saturated carbocycles. The van der Waals surface area contributed by atoms with Crippen molar-refractivity contribution in [3.8, 4) is 0 Å². The highest BCUT2D eigenvalue weighted by Crippen LogP contribution is 2.26. The van der Waals surface area contributed by atoms with Crippen molar-refractivity contribution >= 4 is 5.97 Å². The van der Waals surface area contributed by atoms with E-state index in [4.69, 9.17) is 0 Å². The fourth-order valence-electron chi connectivity index (χ4n) is 2.00. The van der Waals surface area contributed by atoms with Crippen molar-refractivity contribution in [1.82, 2.24) is 5.32 Å². The molecule has 0 aromatic heterocycles. The van der Waals surface area contributed by atoms with Crippen molar-refractivity contribution in [2.75, 3.05) is 6.54 Å². The number of carboxylic acids is 1. The summed E-state index contributed by atoms with van der Waals surface area (Å²) in [6, 6.07) is 7.72.